The van der Waals surface area contributed by atoms with Gasteiger partial charge in [0, 0.05) is 12.3 Å². The number of hydrogen-bond donors (Lipinski definition) is 0. The lowest BCUT2D eigenvalue weighted by atomic mass is 9.56. The summed E-state index contributed by atoms with van der Waals surface area (Å²) in [5.41, 5.74) is 5.14. The number of carbonyl (C=O) groups is 1. The zero-order chi connectivity index (χ0) is 15.3. The average molecular weight is 294 g/mol. The largest absolute Gasteiger partial charge is 0.295 e. The van der Waals surface area contributed by atoms with Crippen LogP contribution in [0.4, 0.5) is 0 Å². The Morgan fingerprint density at radius 3 is 2.82 bits per heavy atom. The fourth-order valence-corrected chi connectivity index (χ4v) is 5.94. The summed E-state index contributed by atoms with van der Waals surface area (Å²) in [6.45, 7) is 4.50. The summed E-state index contributed by atoms with van der Waals surface area (Å²) < 4.78 is 0. The molecule has 0 amide bonds. The van der Waals surface area contributed by atoms with Crippen molar-refractivity contribution in [2.45, 2.75) is 65.2 Å². The van der Waals surface area contributed by atoms with E-state index in [1.54, 1.807) is 11.1 Å². The Morgan fingerprint density at radius 1 is 1.14 bits per heavy atom. The van der Waals surface area contributed by atoms with Gasteiger partial charge in [-0.2, -0.15) is 0 Å². The van der Waals surface area contributed by atoms with Gasteiger partial charge < -0.3 is 0 Å². The summed E-state index contributed by atoms with van der Waals surface area (Å²) in [7, 11) is 0. The fraction of sp³-hybridized carbons (Fsp3) is 0.667. The van der Waals surface area contributed by atoms with Gasteiger partial charge in [0.2, 0.25) is 0 Å². The fourth-order valence-electron chi connectivity index (χ4n) is 5.94. The highest BCUT2D eigenvalue weighted by Crippen LogP contribution is 2.61. The molecule has 4 atom stereocenters. The Morgan fingerprint density at radius 2 is 2.00 bits per heavy atom. The number of carbonyl (C=O) groups excluding carboxylic acids is 1. The van der Waals surface area contributed by atoms with E-state index in [-0.39, 0.29) is 0 Å². The smallest absolute Gasteiger partial charge is 0.156 e. The Hall–Kier alpha value is -1.29. The van der Waals surface area contributed by atoms with E-state index >= 15 is 0 Å². The van der Waals surface area contributed by atoms with Crippen LogP contribution in [0.15, 0.2) is 22.8 Å². The molecule has 0 aliphatic heterocycles. The van der Waals surface area contributed by atoms with Gasteiger partial charge in [0.15, 0.2) is 5.78 Å². The molecule has 4 aliphatic carbocycles. The van der Waals surface area contributed by atoms with E-state index in [0.29, 0.717) is 17.1 Å². The third-order valence-corrected chi connectivity index (χ3v) is 7.05. The van der Waals surface area contributed by atoms with E-state index in [4.69, 9.17) is 0 Å². The molecular formula is C21H26O. The molecule has 0 aromatic rings. The Kier molecular flexibility index (Phi) is 3.33. The van der Waals surface area contributed by atoms with Crippen molar-refractivity contribution in [3.63, 3.8) is 0 Å². The molecule has 4 rings (SSSR count). The topological polar surface area (TPSA) is 17.1 Å². The second kappa shape index (κ2) is 5.12. The third kappa shape index (κ3) is 1.96. The summed E-state index contributed by atoms with van der Waals surface area (Å²) in [6, 6.07) is 0. The molecule has 116 valence electrons. The summed E-state index contributed by atoms with van der Waals surface area (Å²) in [5, 5.41) is 0. The highest BCUT2D eigenvalue weighted by molar-refractivity contribution is 5.93. The van der Waals surface area contributed by atoms with Crippen molar-refractivity contribution in [2.75, 3.05) is 0 Å². The predicted molar refractivity (Wildman–Crippen MR) is 89.1 cm³/mol. The highest BCUT2D eigenvalue weighted by Gasteiger charge is 2.53. The Labute approximate surface area is 134 Å². The maximum absolute atomic E-state index is 11.7. The molecule has 0 bridgehead atoms. The lowest BCUT2D eigenvalue weighted by Crippen LogP contribution is -2.39. The maximum Gasteiger partial charge on any atom is 0.156 e. The molecular weight excluding hydrogens is 268 g/mol. The van der Waals surface area contributed by atoms with Crippen molar-refractivity contribution < 1.29 is 4.79 Å². The van der Waals surface area contributed by atoms with Gasteiger partial charge in [0.1, 0.15) is 0 Å². The zero-order valence-electron chi connectivity index (χ0n) is 13.9. The van der Waals surface area contributed by atoms with Crippen LogP contribution >= 0.6 is 0 Å². The summed E-state index contributed by atoms with van der Waals surface area (Å²) in [6.07, 6.45) is 11.3. The van der Waals surface area contributed by atoms with Gasteiger partial charge in [-0.25, -0.2) is 0 Å². The Bertz CT molecular complexity index is 639. The van der Waals surface area contributed by atoms with Crippen LogP contribution in [0.25, 0.3) is 0 Å². The monoisotopic (exact) mass is 294 g/mol. The maximum atomic E-state index is 11.7. The van der Waals surface area contributed by atoms with Gasteiger partial charge in [0.25, 0.3) is 0 Å². The second-order valence-corrected chi connectivity index (χ2v) is 7.92. The summed E-state index contributed by atoms with van der Waals surface area (Å²) >= 11 is 0. The van der Waals surface area contributed by atoms with Crippen LogP contribution in [0.5, 0.6) is 0 Å². The molecule has 0 aromatic heterocycles. The molecule has 1 nitrogen and oxygen atoms in total. The predicted octanol–water partition coefficient (Wildman–Crippen LogP) is 4.83. The molecule has 0 N–H and O–H groups in total. The minimum absolute atomic E-state index is 0.345. The third-order valence-electron chi connectivity index (χ3n) is 7.05. The van der Waals surface area contributed by atoms with E-state index in [1.165, 1.54) is 37.7 Å². The van der Waals surface area contributed by atoms with Crippen LogP contribution in [0.1, 0.15) is 65.2 Å². The molecule has 0 heterocycles. The standard InChI is InChI=1S/C21H26O/c1-3-4-15-6-10-20-19-8-5-14-13-16(22)7-9-17(14)18(19)11-12-21(15,20)2/h13,15,19-20H,5-12H2,1-2H3/t15-,19-,20+,21-/m1/s1. The minimum atomic E-state index is 0.345. The molecule has 0 unspecified atom stereocenters. The van der Waals surface area contributed by atoms with E-state index < -0.39 is 0 Å². The van der Waals surface area contributed by atoms with Crippen LogP contribution in [-0.2, 0) is 4.79 Å². The molecule has 2 saturated carbocycles. The van der Waals surface area contributed by atoms with Gasteiger partial charge in [-0.3, -0.25) is 4.79 Å². The first kappa shape index (κ1) is 14.3. The first-order valence-corrected chi connectivity index (χ1v) is 9.01. The van der Waals surface area contributed by atoms with Gasteiger partial charge in [-0.05, 0) is 86.3 Å². The van der Waals surface area contributed by atoms with E-state index in [9.17, 15) is 4.79 Å². The SMILES string of the molecule is CC#C[C@@H]1CC[C@H]2[C@@H]3CCC4=CC(=O)CCC4=C3CC[C@]12C. The van der Waals surface area contributed by atoms with Crippen molar-refractivity contribution in [1.29, 1.82) is 0 Å². The number of allylic oxidation sites excluding steroid dienone is 4. The van der Waals surface area contributed by atoms with Crippen molar-refractivity contribution in [1.82, 2.24) is 0 Å². The zero-order valence-corrected chi connectivity index (χ0v) is 13.9. The van der Waals surface area contributed by atoms with Crippen molar-refractivity contribution in [3.05, 3.63) is 22.8 Å². The van der Waals surface area contributed by atoms with Crippen LogP contribution in [0, 0.1) is 35.0 Å². The molecule has 1 heteroatoms. The Balaban J connectivity index is 1.71. The van der Waals surface area contributed by atoms with Gasteiger partial charge in [-0.15, -0.1) is 5.92 Å². The lowest BCUT2D eigenvalue weighted by molar-refractivity contribution is -0.114. The highest BCUT2D eigenvalue weighted by atomic mass is 16.1. The van der Waals surface area contributed by atoms with Crippen molar-refractivity contribution >= 4 is 5.78 Å². The van der Waals surface area contributed by atoms with E-state index in [1.807, 2.05) is 13.0 Å². The van der Waals surface area contributed by atoms with Gasteiger partial charge >= 0.3 is 0 Å². The van der Waals surface area contributed by atoms with Gasteiger partial charge in [0.05, 0.1) is 0 Å². The normalized spacial score (nSPS) is 40.2. The number of hydrogen-bond acceptors (Lipinski definition) is 1. The number of ketones is 1. The van der Waals surface area contributed by atoms with Gasteiger partial charge in [-0.1, -0.05) is 18.4 Å². The molecule has 2 fully saturated rings. The summed E-state index contributed by atoms with van der Waals surface area (Å²) in [4.78, 5) is 11.7. The molecule has 0 aromatic carbocycles. The van der Waals surface area contributed by atoms with Crippen LogP contribution in [0.3, 0.4) is 0 Å². The van der Waals surface area contributed by atoms with Crippen LogP contribution < -0.4 is 0 Å². The molecule has 22 heavy (non-hydrogen) atoms. The van der Waals surface area contributed by atoms with Crippen LogP contribution in [0.2, 0.25) is 0 Å². The van der Waals surface area contributed by atoms with E-state index in [0.717, 1.165) is 31.1 Å². The van der Waals surface area contributed by atoms with Crippen molar-refractivity contribution in [3.8, 4) is 11.8 Å². The molecule has 0 radical (unpaired) electrons. The quantitative estimate of drug-likeness (QED) is 0.585. The van der Waals surface area contributed by atoms with E-state index in [2.05, 4.69) is 18.8 Å². The molecule has 4 aliphatic rings. The number of fused-ring (bicyclic) bond motifs is 4. The molecule has 0 saturated heterocycles. The van der Waals surface area contributed by atoms with Crippen LogP contribution in [-0.4, -0.2) is 5.78 Å². The summed E-state index contributed by atoms with van der Waals surface area (Å²) in [5.74, 6) is 9.26. The lowest BCUT2D eigenvalue weighted by Gasteiger charge is -2.48. The first-order chi connectivity index (χ1) is 10.6. The average Bonchev–Trinajstić information content (AvgIpc) is 2.84. The minimum Gasteiger partial charge on any atom is -0.295 e. The second-order valence-electron chi connectivity index (χ2n) is 7.92. The molecule has 0 spiro atoms. The van der Waals surface area contributed by atoms with Crippen molar-refractivity contribution in [2.24, 2.45) is 23.2 Å². The number of rotatable bonds is 0. The first-order valence-electron chi connectivity index (χ1n) is 9.01.